The SMILES string of the molecule is CCc1c(CC(C)O)cc2c(c1Cl)OCCO2. The maximum Gasteiger partial charge on any atom is 0.180 e. The Labute approximate surface area is 106 Å². The predicted molar refractivity (Wildman–Crippen MR) is 67.2 cm³/mol. The van der Waals surface area contributed by atoms with E-state index in [-0.39, 0.29) is 6.10 Å². The van der Waals surface area contributed by atoms with Gasteiger partial charge in [-0.3, -0.25) is 0 Å². The first-order valence-electron chi connectivity index (χ1n) is 5.91. The molecule has 0 aliphatic carbocycles. The maximum atomic E-state index is 9.51. The van der Waals surface area contributed by atoms with E-state index >= 15 is 0 Å². The molecule has 3 nitrogen and oxygen atoms in total. The summed E-state index contributed by atoms with van der Waals surface area (Å²) in [5.41, 5.74) is 2.08. The van der Waals surface area contributed by atoms with Gasteiger partial charge in [0.25, 0.3) is 0 Å². The molecule has 1 unspecified atom stereocenters. The van der Waals surface area contributed by atoms with E-state index in [1.165, 1.54) is 0 Å². The Balaban J connectivity index is 2.48. The monoisotopic (exact) mass is 256 g/mol. The van der Waals surface area contributed by atoms with Crippen LogP contribution < -0.4 is 9.47 Å². The van der Waals surface area contributed by atoms with Gasteiger partial charge in [-0.2, -0.15) is 0 Å². The Kier molecular flexibility index (Phi) is 3.79. The van der Waals surface area contributed by atoms with Crippen LogP contribution in [0.1, 0.15) is 25.0 Å². The summed E-state index contributed by atoms with van der Waals surface area (Å²) >= 11 is 6.33. The topological polar surface area (TPSA) is 38.7 Å². The third-order valence-electron chi connectivity index (χ3n) is 2.84. The molecule has 0 bridgehead atoms. The second kappa shape index (κ2) is 5.15. The van der Waals surface area contributed by atoms with Gasteiger partial charge in [0.1, 0.15) is 13.2 Å². The molecule has 2 rings (SSSR count). The van der Waals surface area contributed by atoms with Gasteiger partial charge in [0.15, 0.2) is 11.5 Å². The molecule has 0 aromatic heterocycles. The normalized spacial score (nSPS) is 15.8. The van der Waals surface area contributed by atoms with E-state index in [0.29, 0.717) is 36.2 Å². The summed E-state index contributed by atoms with van der Waals surface area (Å²) in [5.74, 6) is 1.33. The molecule has 4 heteroatoms. The lowest BCUT2D eigenvalue weighted by atomic mass is 9.99. The summed E-state index contributed by atoms with van der Waals surface area (Å²) in [5, 5.41) is 10.1. The van der Waals surface area contributed by atoms with E-state index in [1.54, 1.807) is 6.92 Å². The fourth-order valence-corrected chi connectivity index (χ4v) is 2.52. The summed E-state index contributed by atoms with van der Waals surface area (Å²) in [4.78, 5) is 0. The van der Waals surface area contributed by atoms with Crippen LogP contribution in [0.25, 0.3) is 0 Å². The predicted octanol–water partition coefficient (Wildman–Crippen LogP) is 2.60. The molecule has 1 aliphatic heterocycles. The molecule has 1 heterocycles. The zero-order valence-electron chi connectivity index (χ0n) is 10.1. The second-order valence-electron chi connectivity index (χ2n) is 4.26. The smallest absolute Gasteiger partial charge is 0.180 e. The van der Waals surface area contributed by atoms with E-state index in [0.717, 1.165) is 17.5 Å². The van der Waals surface area contributed by atoms with Crippen LogP contribution in [0.4, 0.5) is 0 Å². The molecular weight excluding hydrogens is 240 g/mol. The van der Waals surface area contributed by atoms with Gasteiger partial charge in [-0.25, -0.2) is 0 Å². The van der Waals surface area contributed by atoms with Gasteiger partial charge in [-0.1, -0.05) is 18.5 Å². The van der Waals surface area contributed by atoms with Gasteiger partial charge < -0.3 is 14.6 Å². The third-order valence-corrected chi connectivity index (χ3v) is 3.24. The van der Waals surface area contributed by atoms with Crippen molar-refractivity contribution >= 4 is 11.6 Å². The number of hydrogen-bond acceptors (Lipinski definition) is 3. The van der Waals surface area contributed by atoms with E-state index in [2.05, 4.69) is 0 Å². The Morgan fingerprint density at radius 1 is 1.41 bits per heavy atom. The number of ether oxygens (including phenoxy) is 2. The van der Waals surface area contributed by atoms with Crippen LogP contribution >= 0.6 is 11.6 Å². The zero-order valence-corrected chi connectivity index (χ0v) is 10.9. The summed E-state index contributed by atoms with van der Waals surface area (Å²) in [6.07, 6.45) is 1.01. The Hall–Kier alpha value is -0.930. The number of fused-ring (bicyclic) bond motifs is 1. The number of aliphatic hydroxyl groups excluding tert-OH is 1. The van der Waals surface area contributed by atoms with Gasteiger partial charge in [0.05, 0.1) is 11.1 Å². The molecular formula is C13H17ClO3. The van der Waals surface area contributed by atoms with Crippen molar-refractivity contribution in [3.63, 3.8) is 0 Å². The van der Waals surface area contributed by atoms with Crippen LogP contribution in [0.5, 0.6) is 11.5 Å². The first kappa shape index (κ1) is 12.5. The fourth-order valence-electron chi connectivity index (χ4n) is 2.12. The second-order valence-corrected chi connectivity index (χ2v) is 4.64. The minimum atomic E-state index is -0.390. The van der Waals surface area contributed by atoms with Crippen molar-refractivity contribution in [3.05, 3.63) is 22.2 Å². The lowest BCUT2D eigenvalue weighted by molar-refractivity contribution is 0.170. The number of aliphatic hydroxyl groups is 1. The number of halogens is 1. The fraction of sp³-hybridized carbons (Fsp3) is 0.538. The summed E-state index contributed by atoms with van der Waals surface area (Å²) in [6, 6.07) is 1.94. The molecule has 0 radical (unpaired) electrons. The van der Waals surface area contributed by atoms with E-state index in [4.69, 9.17) is 21.1 Å². The Morgan fingerprint density at radius 3 is 2.76 bits per heavy atom. The van der Waals surface area contributed by atoms with E-state index in [9.17, 15) is 5.11 Å². The Bertz CT molecular complexity index is 416. The van der Waals surface area contributed by atoms with Crippen LogP contribution in [0.3, 0.4) is 0 Å². The molecule has 1 aromatic carbocycles. The van der Waals surface area contributed by atoms with Crippen LogP contribution in [0.15, 0.2) is 6.07 Å². The van der Waals surface area contributed by atoms with Gasteiger partial charge in [-0.05, 0) is 37.0 Å². The van der Waals surface area contributed by atoms with Crippen molar-refractivity contribution < 1.29 is 14.6 Å². The summed E-state index contributed by atoms with van der Waals surface area (Å²) in [7, 11) is 0. The number of hydrogen-bond donors (Lipinski definition) is 1. The highest BCUT2D eigenvalue weighted by Crippen LogP contribution is 2.41. The van der Waals surface area contributed by atoms with Crippen molar-refractivity contribution in [2.45, 2.75) is 32.8 Å². The molecule has 17 heavy (non-hydrogen) atoms. The largest absolute Gasteiger partial charge is 0.486 e. The molecule has 0 fully saturated rings. The van der Waals surface area contributed by atoms with Crippen LogP contribution in [0, 0.1) is 0 Å². The number of rotatable bonds is 3. The van der Waals surface area contributed by atoms with Crippen molar-refractivity contribution in [2.75, 3.05) is 13.2 Å². The van der Waals surface area contributed by atoms with E-state index < -0.39 is 0 Å². The Morgan fingerprint density at radius 2 is 2.12 bits per heavy atom. The van der Waals surface area contributed by atoms with Crippen molar-refractivity contribution in [1.82, 2.24) is 0 Å². The average Bonchev–Trinajstić information content (AvgIpc) is 2.29. The van der Waals surface area contributed by atoms with Crippen molar-refractivity contribution in [2.24, 2.45) is 0 Å². The molecule has 0 saturated carbocycles. The highest BCUT2D eigenvalue weighted by atomic mass is 35.5. The van der Waals surface area contributed by atoms with Crippen molar-refractivity contribution in [1.29, 1.82) is 0 Å². The lowest BCUT2D eigenvalue weighted by Gasteiger charge is -2.23. The first-order valence-corrected chi connectivity index (χ1v) is 6.29. The first-order chi connectivity index (χ1) is 8.13. The molecule has 0 amide bonds. The van der Waals surface area contributed by atoms with Gasteiger partial charge in [0, 0.05) is 0 Å². The number of benzene rings is 1. The maximum absolute atomic E-state index is 9.51. The highest BCUT2D eigenvalue weighted by molar-refractivity contribution is 6.33. The zero-order chi connectivity index (χ0) is 12.4. The molecule has 1 N–H and O–H groups in total. The summed E-state index contributed by atoms with van der Waals surface area (Å²) in [6.45, 7) is 4.89. The van der Waals surface area contributed by atoms with Gasteiger partial charge in [0.2, 0.25) is 0 Å². The quantitative estimate of drug-likeness (QED) is 0.904. The lowest BCUT2D eigenvalue weighted by Crippen LogP contribution is -2.17. The van der Waals surface area contributed by atoms with Crippen LogP contribution in [-0.2, 0) is 12.8 Å². The minimum absolute atomic E-state index is 0.390. The molecule has 1 aromatic rings. The van der Waals surface area contributed by atoms with Gasteiger partial charge in [-0.15, -0.1) is 0 Å². The van der Waals surface area contributed by atoms with Crippen LogP contribution in [-0.4, -0.2) is 24.4 Å². The highest BCUT2D eigenvalue weighted by Gasteiger charge is 2.21. The van der Waals surface area contributed by atoms with Crippen LogP contribution in [0.2, 0.25) is 5.02 Å². The standard InChI is InChI=1S/C13H17ClO3/c1-3-10-9(6-8(2)15)7-11-13(12(10)14)17-5-4-16-11/h7-8,15H,3-6H2,1-2H3. The average molecular weight is 257 g/mol. The minimum Gasteiger partial charge on any atom is -0.486 e. The molecule has 94 valence electrons. The molecule has 1 atom stereocenters. The molecule has 0 saturated heterocycles. The third kappa shape index (κ3) is 2.50. The molecule has 0 spiro atoms. The van der Waals surface area contributed by atoms with Crippen molar-refractivity contribution in [3.8, 4) is 11.5 Å². The summed E-state index contributed by atoms with van der Waals surface area (Å²) < 4.78 is 11.1. The van der Waals surface area contributed by atoms with E-state index in [1.807, 2.05) is 13.0 Å². The van der Waals surface area contributed by atoms with Gasteiger partial charge >= 0.3 is 0 Å². The molecule has 1 aliphatic rings.